The summed E-state index contributed by atoms with van der Waals surface area (Å²) >= 11 is 1.61. The van der Waals surface area contributed by atoms with Crippen LogP contribution in [0.1, 0.15) is 53.4 Å². The first kappa shape index (κ1) is 22.3. The van der Waals surface area contributed by atoms with Crippen LogP contribution in [0.5, 0.6) is 0 Å². The zero-order chi connectivity index (χ0) is 21.6. The molecule has 3 aliphatic rings. The lowest BCUT2D eigenvalue weighted by Gasteiger charge is -2.55. The van der Waals surface area contributed by atoms with E-state index in [9.17, 15) is 19.5 Å². The second-order valence-electron chi connectivity index (χ2n) is 9.42. The van der Waals surface area contributed by atoms with E-state index in [0.717, 1.165) is 24.8 Å². The van der Waals surface area contributed by atoms with Crippen LogP contribution in [-0.2, 0) is 19.1 Å². The molecule has 0 saturated heterocycles. The molecule has 0 aromatic heterocycles. The molecular weight excluding hydrogens is 388 g/mol. The van der Waals surface area contributed by atoms with E-state index >= 15 is 0 Å². The molecule has 1 fully saturated rings. The number of carbonyl (C=O) groups is 3. The van der Waals surface area contributed by atoms with Gasteiger partial charge in [-0.05, 0) is 48.2 Å². The predicted molar refractivity (Wildman–Crippen MR) is 113 cm³/mol. The number of allylic oxidation sites excluding steroid dienone is 2. The van der Waals surface area contributed by atoms with Gasteiger partial charge in [0.1, 0.15) is 5.41 Å². The lowest BCUT2D eigenvalue weighted by atomic mass is 9.48. The minimum Gasteiger partial charge on any atom is -0.468 e. The van der Waals surface area contributed by atoms with E-state index in [-0.39, 0.29) is 29.1 Å². The van der Waals surface area contributed by atoms with E-state index in [1.54, 1.807) is 11.8 Å². The highest BCUT2D eigenvalue weighted by molar-refractivity contribution is 8.00. The summed E-state index contributed by atoms with van der Waals surface area (Å²) in [6.07, 6.45) is 4.90. The number of Topliss-reactive ketones (excluding diaryl/α,β-unsaturated/α-hetero) is 2. The molecule has 1 N–H and O–H groups in total. The fraction of sp³-hybridized carbons (Fsp3) is 0.696. The number of thioether (sulfide) groups is 1. The summed E-state index contributed by atoms with van der Waals surface area (Å²) in [5, 5.41) is 9.37. The third-order valence-electron chi connectivity index (χ3n) is 7.05. The number of aliphatic hydroxyl groups is 1. The number of carbonyl (C=O) groups excluding carboxylic acids is 3. The number of methoxy groups -OCH3 is 1. The molecule has 3 aliphatic carbocycles. The van der Waals surface area contributed by atoms with Crippen molar-refractivity contribution in [2.75, 3.05) is 19.5 Å². The quantitative estimate of drug-likeness (QED) is 0.417. The van der Waals surface area contributed by atoms with Gasteiger partial charge in [0, 0.05) is 22.1 Å². The highest BCUT2D eigenvalue weighted by atomic mass is 32.2. The minimum atomic E-state index is -1.06. The monoisotopic (exact) mass is 420 g/mol. The van der Waals surface area contributed by atoms with Gasteiger partial charge in [-0.25, -0.2) is 0 Å². The van der Waals surface area contributed by atoms with E-state index in [1.165, 1.54) is 7.11 Å². The predicted octanol–water partition coefficient (Wildman–Crippen LogP) is 3.50. The number of ketones is 2. The van der Waals surface area contributed by atoms with E-state index in [4.69, 9.17) is 4.74 Å². The lowest BCUT2D eigenvalue weighted by molar-refractivity contribution is -0.163. The van der Waals surface area contributed by atoms with Crippen LogP contribution in [0.15, 0.2) is 22.8 Å². The molecule has 1 unspecified atom stereocenters. The molecule has 0 aromatic carbocycles. The molecular formula is C23H32O5S. The Bertz CT molecular complexity index is 791. The first-order valence-electron chi connectivity index (χ1n) is 10.5. The zero-order valence-corrected chi connectivity index (χ0v) is 18.9. The van der Waals surface area contributed by atoms with Crippen LogP contribution >= 0.6 is 11.8 Å². The topological polar surface area (TPSA) is 80.7 Å². The third kappa shape index (κ3) is 3.42. The summed E-state index contributed by atoms with van der Waals surface area (Å²) in [5.41, 5.74) is 0.466. The molecule has 3 atom stereocenters. The Morgan fingerprint density at radius 1 is 1.28 bits per heavy atom. The minimum absolute atomic E-state index is 0.0249. The highest BCUT2D eigenvalue weighted by Crippen LogP contribution is 2.62. The number of ether oxygens (including phenoxy) is 1. The molecule has 6 heteroatoms. The Kier molecular flexibility index (Phi) is 6.17. The first-order chi connectivity index (χ1) is 13.6. The first-order valence-corrected chi connectivity index (χ1v) is 11.5. The molecule has 3 rings (SSSR count). The fourth-order valence-corrected chi connectivity index (χ4v) is 6.79. The van der Waals surface area contributed by atoms with Gasteiger partial charge in [-0.2, -0.15) is 11.8 Å². The maximum Gasteiger partial charge on any atom is 0.316 e. The molecule has 0 heterocycles. The van der Waals surface area contributed by atoms with Gasteiger partial charge in [-0.1, -0.05) is 34.1 Å². The molecule has 29 heavy (non-hydrogen) atoms. The van der Waals surface area contributed by atoms with Crippen molar-refractivity contribution in [2.45, 2.75) is 58.6 Å². The van der Waals surface area contributed by atoms with Crippen LogP contribution in [0.4, 0.5) is 0 Å². The Balaban J connectivity index is 2.30. The Hall–Kier alpha value is -1.40. The largest absolute Gasteiger partial charge is 0.468 e. The van der Waals surface area contributed by atoms with Gasteiger partial charge in [0.2, 0.25) is 11.6 Å². The summed E-state index contributed by atoms with van der Waals surface area (Å²) in [6.45, 7) is 8.16. The van der Waals surface area contributed by atoms with Crippen molar-refractivity contribution in [1.82, 2.24) is 0 Å². The molecule has 0 spiro atoms. The van der Waals surface area contributed by atoms with Gasteiger partial charge in [-0.3, -0.25) is 14.4 Å². The summed E-state index contributed by atoms with van der Waals surface area (Å²) < 4.78 is 5.26. The Labute approximate surface area is 177 Å². The van der Waals surface area contributed by atoms with Crippen LogP contribution in [-0.4, -0.2) is 47.4 Å². The van der Waals surface area contributed by atoms with Crippen molar-refractivity contribution in [3.05, 3.63) is 22.8 Å². The summed E-state index contributed by atoms with van der Waals surface area (Å²) in [4.78, 5) is 39.7. The van der Waals surface area contributed by atoms with E-state index < -0.39 is 23.0 Å². The van der Waals surface area contributed by atoms with Crippen molar-refractivity contribution in [3.8, 4) is 0 Å². The molecule has 0 aromatic rings. The smallest absolute Gasteiger partial charge is 0.316 e. The Morgan fingerprint density at radius 3 is 2.55 bits per heavy atom. The number of hydrogen-bond acceptors (Lipinski definition) is 6. The van der Waals surface area contributed by atoms with Crippen molar-refractivity contribution in [1.29, 1.82) is 0 Å². The van der Waals surface area contributed by atoms with Crippen molar-refractivity contribution < 1.29 is 24.2 Å². The van der Waals surface area contributed by atoms with Crippen LogP contribution in [0.25, 0.3) is 0 Å². The Morgan fingerprint density at radius 2 is 1.97 bits per heavy atom. The molecule has 5 nitrogen and oxygen atoms in total. The molecule has 0 aliphatic heterocycles. The fourth-order valence-electron chi connectivity index (χ4n) is 5.70. The molecule has 160 valence electrons. The van der Waals surface area contributed by atoms with Gasteiger partial charge >= 0.3 is 5.97 Å². The zero-order valence-electron chi connectivity index (χ0n) is 18.0. The lowest BCUT2D eigenvalue weighted by Crippen LogP contribution is -2.57. The standard InChI is InChI=1S/C23H32O5S/c1-13(2)14-11-15-16(29-10-9-24)12-17-22(3,4)7-6-8-23(17,21(27)28-5)18(15)20(26)19(14)25/h11,13,16-17,24H,6-10,12H2,1-5H3/t16?,17-,23+/m0/s1. The number of hydrogen-bond donors (Lipinski definition) is 1. The van der Waals surface area contributed by atoms with Gasteiger partial charge in [0.15, 0.2) is 0 Å². The molecule has 0 radical (unpaired) electrons. The average Bonchev–Trinajstić information content (AvgIpc) is 2.67. The number of fused-ring (bicyclic) bond motifs is 2. The summed E-state index contributed by atoms with van der Waals surface area (Å²) in [5.74, 6) is -1.02. The van der Waals surface area contributed by atoms with E-state index in [0.29, 0.717) is 23.3 Å². The number of esters is 1. The molecule has 1 saturated carbocycles. The van der Waals surface area contributed by atoms with Gasteiger partial charge in [0.25, 0.3) is 0 Å². The van der Waals surface area contributed by atoms with Crippen molar-refractivity contribution in [3.63, 3.8) is 0 Å². The summed E-state index contributed by atoms with van der Waals surface area (Å²) in [6, 6.07) is 0. The second kappa shape index (κ2) is 8.03. The second-order valence-corrected chi connectivity index (χ2v) is 10.7. The van der Waals surface area contributed by atoms with Gasteiger partial charge < -0.3 is 9.84 Å². The van der Waals surface area contributed by atoms with E-state index in [2.05, 4.69) is 13.8 Å². The van der Waals surface area contributed by atoms with Crippen molar-refractivity contribution in [2.24, 2.45) is 22.7 Å². The van der Waals surface area contributed by atoms with Gasteiger partial charge in [-0.15, -0.1) is 0 Å². The highest BCUT2D eigenvalue weighted by Gasteiger charge is 2.63. The third-order valence-corrected chi connectivity index (χ3v) is 8.32. The van der Waals surface area contributed by atoms with Crippen molar-refractivity contribution >= 4 is 29.3 Å². The van der Waals surface area contributed by atoms with Crippen LogP contribution in [0.3, 0.4) is 0 Å². The van der Waals surface area contributed by atoms with Crippen LogP contribution < -0.4 is 0 Å². The van der Waals surface area contributed by atoms with Crippen LogP contribution in [0.2, 0.25) is 0 Å². The molecule has 0 amide bonds. The van der Waals surface area contributed by atoms with Crippen LogP contribution in [0, 0.1) is 22.7 Å². The molecule has 0 bridgehead atoms. The maximum atomic E-state index is 13.5. The maximum absolute atomic E-state index is 13.5. The number of rotatable bonds is 5. The normalized spacial score (nSPS) is 31.3. The SMILES string of the molecule is COC(=O)[C@]12CCCC(C)(C)[C@@H]1CC(SCCO)C1=C2C(=O)C(=O)C(C(C)C)=C1. The van der Waals surface area contributed by atoms with E-state index in [1.807, 2.05) is 19.9 Å². The average molecular weight is 421 g/mol. The number of aliphatic hydroxyl groups excluding tert-OH is 1. The van der Waals surface area contributed by atoms with Gasteiger partial charge in [0.05, 0.1) is 13.7 Å². The summed E-state index contributed by atoms with van der Waals surface area (Å²) in [7, 11) is 1.37.